The van der Waals surface area contributed by atoms with Gasteiger partial charge in [0, 0.05) is 23.1 Å². The van der Waals surface area contributed by atoms with Gasteiger partial charge in [-0.2, -0.15) is 0 Å². The number of ether oxygens (including phenoxy) is 1. The largest absolute Gasteiger partial charge is 0.466 e. The first-order valence-corrected chi connectivity index (χ1v) is 11.2. The molecule has 3 rings (SSSR count). The Hall–Kier alpha value is -2.32. The molecule has 1 aliphatic heterocycles. The number of unbranched alkanes of at least 4 members (excludes halogenated alkanes) is 1. The number of benzene rings is 1. The number of carbonyl (C=O) groups is 1. The van der Waals surface area contributed by atoms with Crippen LogP contribution in [0, 0.1) is 11.8 Å². The lowest BCUT2D eigenvalue weighted by Crippen LogP contribution is -2.22. The molecule has 0 saturated heterocycles. The first-order valence-electron chi connectivity index (χ1n) is 10.2. The standard InChI is InChI=1S/C24H28N2O2S/c1-4-28-23(27)8-6-5-7-19-16-26-20(17-25-19)11-9-18-10-12-22-21(15-18)24(2,3)13-14-29-22/h10,12,15-17H,4-8,13-14H2,1-3H3. The number of esters is 1. The monoisotopic (exact) mass is 408 g/mol. The Labute approximate surface area is 177 Å². The van der Waals surface area contributed by atoms with Crippen LogP contribution in [0.2, 0.25) is 0 Å². The molecule has 1 aromatic carbocycles. The van der Waals surface area contributed by atoms with E-state index in [0.29, 0.717) is 18.7 Å². The van der Waals surface area contributed by atoms with E-state index in [0.717, 1.165) is 30.5 Å². The topological polar surface area (TPSA) is 52.1 Å². The molecule has 2 heterocycles. The first kappa shape index (κ1) is 21.4. The van der Waals surface area contributed by atoms with Gasteiger partial charge in [-0.25, -0.2) is 4.98 Å². The van der Waals surface area contributed by atoms with Crippen molar-refractivity contribution in [3.8, 4) is 11.8 Å². The van der Waals surface area contributed by atoms with Gasteiger partial charge in [-0.05, 0) is 73.5 Å². The van der Waals surface area contributed by atoms with Crippen LogP contribution in [-0.4, -0.2) is 28.3 Å². The molecular formula is C24H28N2O2S. The average Bonchev–Trinajstić information content (AvgIpc) is 2.71. The number of nitrogens with zero attached hydrogens (tertiary/aromatic N) is 2. The van der Waals surface area contributed by atoms with Gasteiger partial charge in [0.2, 0.25) is 0 Å². The van der Waals surface area contributed by atoms with Gasteiger partial charge in [0.05, 0.1) is 18.5 Å². The van der Waals surface area contributed by atoms with Crippen LogP contribution in [0.25, 0.3) is 0 Å². The predicted molar refractivity (Wildman–Crippen MR) is 117 cm³/mol. The van der Waals surface area contributed by atoms with Gasteiger partial charge in [-0.15, -0.1) is 11.8 Å². The van der Waals surface area contributed by atoms with E-state index < -0.39 is 0 Å². The van der Waals surface area contributed by atoms with Crippen molar-refractivity contribution < 1.29 is 9.53 Å². The van der Waals surface area contributed by atoms with Gasteiger partial charge in [0.25, 0.3) is 0 Å². The summed E-state index contributed by atoms with van der Waals surface area (Å²) in [5.74, 6) is 7.40. The van der Waals surface area contributed by atoms with E-state index in [9.17, 15) is 4.79 Å². The van der Waals surface area contributed by atoms with Gasteiger partial charge in [-0.1, -0.05) is 19.8 Å². The maximum atomic E-state index is 11.3. The van der Waals surface area contributed by atoms with Crippen molar-refractivity contribution in [3.63, 3.8) is 0 Å². The van der Waals surface area contributed by atoms with Crippen LogP contribution in [0.4, 0.5) is 0 Å². The van der Waals surface area contributed by atoms with Crippen molar-refractivity contribution in [2.75, 3.05) is 12.4 Å². The SMILES string of the molecule is CCOC(=O)CCCCc1cnc(C#Cc2ccc3c(c2)C(C)(C)CCS3)cn1. The maximum absolute atomic E-state index is 11.3. The number of aromatic nitrogens is 2. The lowest BCUT2D eigenvalue weighted by Gasteiger charge is -2.32. The van der Waals surface area contributed by atoms with Crippen LogP contribution in [0.5, 0.6) is 0 Å². The van der Waals surface area contributed by atoms with E-state index in [2.05, 4.69) is 53.9 Å². The number of rotatable bonds is 6. The van der Waals surface area contributed by atoms with Crippen molar-refractivity contribution >= 4 is 17.7 Å². The highest BCUT2D eigenvalue weighted by atomic mass is 32.2. The summed E-state index contributed by atoms with van der Waals surface area (Å²) in [5, 5.41) is 0. The van der Waals surface area contributed by atoms with Crippen molar-refractivity contribution in [2.24, 2.45) is 0 Å². The number of carbonyl (C=O) groups excluding carboxylic acids is 1. The second kappa shape index (κ2) is 9.93. The molecule has 0 aliphatic carbocycles. The normalized spacial score (nSPS) is 14.4. The number of thioether (sulfide) groups is 1. The Bertz CT molecular complexity index is 911. The van der Waals surface area contributed by atoms with Crippen molar-refractivity contribution in [2.45, 2.75) is 63.2 Å². The van der Waals surface area contributed by atoms with E-state index in [-0.39, 0.29) is 11.4 Å². The molecule has 0 saturated carbocycles. The summed E-state index contributed by atoms with van der Waals surface area (Å²) in [4.78, 5) is 21.6. The lowest BCUT2D eigenvalue weighted by molar-refractivity contribution is -0.143. The predicted octanol–water partition coefficient (Wildman–Crippen LogP) is 4.93. The van der Waals surface area contributed by atoms with Gasteiger partial charge in [0.1, 0.15) is 5.69 Å². The van der Waals surface area contributed by atoms with Crippen LogP contribution >= 0.6 is 11.8 Å². The van der Waals surface area contributed by atoms with E-state index in [4.69, 9.17) is 4.74 Å². The smallest absolute Gasteiger partial charge is 0.305 e. The van der Waals surface area contributed by atoms with Crippen molar-refractivity contribution in [1.29, 1.82) is 0 Å². The van der Waals surface area contributed by atoms with Crippen molar-refractivity contribution in [3.05, 3.63) is 53.1 Å². The molecule has 0 spiro atoms. The minimum atomic E-state index is -0.131. The summed E-state index contributed by atoms with van der Waals surface area (Å²) in [5.41, 5.74) is 4.21. The molecule has 0 radical (unpaired) electrons. The Morgan fingerprint density at radius 3 is 2.83 bits per heavy atom. The zero-order valence-electron chi connectivity index (χ0n) is 17.5. The van der Waals surface area contributed by atoms with Crippen molar-refractivity contribution in [1.82, 2.24) is 9.97 Å². The molecule has 5 heteroatoms. The first-order chi connectivity index (χ1) is 14.0. The van der Waals surface area contributed by atoms with Crippen LogP contribution in [0.15, 0.2) is 35.5 Å². The fourth-order valence-corrected chi connectivity index (χ4v) is 4.79. The number of aryl methyl sites for hydroxylation is 1. The van der Waals surface area contributed by atoms with Crippen LogP contribution in [0.3, 0.4) is 0 Å². The Morgan fingerprint density at radius 2 is 2.07 bits per heavy atom. The molecule has 152 valence electrons. The van der Waals surface area contributed by atoms with E-state index in [1.807, 2.05) is 18.7 Å². The second-order valence-corrected chi connectivity index (χ2v) is 8.99. The number of fused-ring (bicyclic) bond motifs is 1. The average molecular weight is 409 g/mol. The zero-order chi connectivity index (χ0) is 20.7. The number of hydrogen-bond donors (Lipinski definition) is 0. The lowest BCUT2D eigenvalue weighted by atomic mass is 9.81. The third kappa shape index (κ3) is 6.08. The van der Waals surface area contributed by atoms with E-state index in [1.54, 1.807) is 12.4 Å². The highest BCUT2D eigenvalue weighted by molar-refractivity contribution is 7.99. The Morgan fingerprint density at radius 1 is 1.21 bits per heavy atom. The Kier molecular flexibility index (Phi) is 7.33. The fraction of sp³-hybridized carbons (Fsp3) is 0.458. The van der Waals surface area contributed by atoms with Crippen LogP contribution in [0.1, 0.15) is 69.0 Å². The van der Waals surface area contributed by atoms with Gasteiger partial charge >= 0.3 is 5.97 Å². The van der Waals surface area contributed by atoms with E-state index in [1.165, 1.54) is 22.6 Å². The molecule has 0 atom stereocenters. The summed E-state index contributed by atoms with van der Waals surface area (Å²) >= 11 is 1.93. The molecule has 1 aromatic heterocycles. The second-order valence-electron chi connectivity index (χ2n) is 7.85. The zero-order valence-corrected chi connectivity index (χ0v) is 18.3. The molecule has 2 aromatic rings. The highest BCUT2D eigenvalue weighted by Gasteiger charge is 2.27. The maximum Gasteiger partial charge on any atom is 0.305 e. The Balaban J connectivity index is 1.57. The molecule has 4 nitrogen and oxygen atoms in total. The van der Waals surface area contributed by atoms with E-state index >= 15 is 0 Å². The minimum Gasteiger partial charge on any atom is -0.466 e. The molecule has 0 fully saturated rings. The van der Waals surface area contributed by atoms with Gasteiger partial charge in [-0.3, -0.25) is 9.78 Å². The van der Waals surface area contributed by atoms with Crippen LogP contribution < -0.4 is 0 Å². The third-order valence-electron chi connectivity index (χ3n) is 5.10. The van der Waals surface area contributed by atoms with Crippen LogP contribution in [-0.2, 0) is 21.4 Å². The summed E-state index contributed by atoms with van der Waals surface area (Å²) in [6.07, 6.45) is 7.65. The summed E-state index contributed by atoms with van der Waals surface area (Å²) < 4.78 is 4.93. The molecular weight excluding hydrogens is 380 g/mol. The molecule has 0 amide bonds. The molecule has 29 heavy (non-hydrogen) atoms. The minimum absolute atomic E-state index is 0.131. The summed E-state index contributed by atoms with van der Waals surface area (Å²) in [6, 6.07) is 6.50. The summed E-state index contributed by atoms with van der Waals surface area (Å²) in [6.45, 7) is 6.87. The number of hydrogen-bond acceptors (Lipinski definition) is 5. The third-order valence-corrected chi connectivity index (χ3v) is 6.18. The van der Waals surface area contributed by atoms with Gasteiger partial charge < -0.3 is 4.74 Å². The quantitative estimate of drug-likeness (QED) is 0.385. The molecule has 0 N–H and O–H groups in total. The molecule has 1 aliphatic rings. The highest BCUT2D eigenvalue weighted by Crippen LogP contribution is 2.41. The molecule has 0 bridgehead atoms. The fourth-order valence-electron chi connectivity index (χ4n) is 3.31. The van der Waals surface area contributed by atoms with Gasteiger partial charge in [0.15, 0.2) is 0 Å². The molecule has 0 unspecified atom stereocenters. The summed E-state index contributed by atoms with van der Waals surface area (Å²) in [7, 11) is 0.